The van der Waals surface area contributed by atoms with Gasteiger partial charge in [0.1, 0.15) is 0 Å². The number of aromatic nitrogens is 2. The lowest BCUT2D eigenvalue weighted by Crippen LogP contribution is -2.37. The van der Waals surface area contributed by atoms with Gasteiger partial charge >= 0.3 is 0 Å². The first-order valence-electron chi connectivity index (χ1n) is 8.38. The van der Waals surface area contributed by atoms with Crippen molar-refractivity contribution >= 4 is 28.8 Å². The number of hydrogen-bond acceptors (Lipinski definition) is 5. The molecule has 8 nitrogen and oxygen atoms in total. The molecule has 1 aliphatic rings. The minimum Gasteiger partial charge on any atom is -0.378 e. The number of carbonyl (C=O) groups excluding carboxylic acids is 2. The molecule has 1 fully saturated rings. The van der Waals surface area contributed by atoms with E-state index in [-0.39, 0.29) is 11.8 Å². The quantitative estimate of drug-likeness (QED) is 0.760. The number of imidazole rings is 1. The first-order chi connectivity index (χ1) is 12.1. The number of amides is 2. The first kappa shape index (κ1) is 17.2. The van der Waals surface area contributed by atoms with Crippen LogP contribution in [-0.2, 0) is 16.6 Å². The zero-order valence-corrected chi connectivity index (χ0v) is 14.5. The second kappa shape index (κ2) is 7.52. The number of benzene rings is 1. The average Bonchev–Trinajstić information content (AvgIpc) is 2.95. The fourth-order valence-electron chi connectivity index (χ4n) is 2.89. The molecule has 0 bridgehead atoms. The second-order valence-electron chi connectivity index (χ2n) is 6.01. The Hall–Kier alpha value is -2.61. The van der Waals surface area contributed by atoms with E-state index in [0.717, 1.165) is 30.1 Å². The number of rotatable bonds is 5. The van der Waals surface area contributed by atoms with E-state index in [1.807, 2.05) is 17.7 Å². The van der Waals surface area contributed by atoms with Gasteiger partial charge in [0.05, 0.1) is 24.2 Å². The highest BCUT2D eigenvalue weighted by molar-refractivity contribution is 5.97. The third-order valence-corrected chi connectivity index (χ3v) is 4.20. The van der Waals surface area contributed by atoms with Crippen molar-refractivity contribution in [3.63, 3.8) is 0 Å². The lowest BCUT2D eigenvalue weighted by molar-refractivity contribution is -0.118. The van der Waals surface area contributed by atoms with Crippen LogP contribution in [0.5, 0.6) is 0 Å². The van der Waals surface area contributed by atoms with Gasteiger partial charge in [-0.05, 0) is 18.2 Å². The summed E-state index contributed by atoms with van der Waals surface area (Å²) in [7, 11) is 1.98. The maximum absolute atomic E-state index is 12.2. The predicted octanol–water partition coefficient (Wildman–Crippen LogP) is 0.276. The van der Waals surface area contributed by atoms with Crippen molar-refractivity contribution in [2.45, 2.75) is 6.92 Å². The first-order valence-corrected chi connectivity index (χ1v) is 8.38. The topological polar surface area (TPSA) is 88.5 Å². The normalized spacial score (nSPS) is 14.6. The number of anilines is 1. The Labute approximate surface area is 146 Å². The Morgan fingerprint density at radius 3 is 2.64 bits per heavy atom. The van der Waals surface area contributed by atoms with Crippen LogP contribution < -0.4 is 15.5 Å². The van der Waals surface area contributed by atoms with Crippen LogP contribution in [0, 0.1) is 0 Å². The number of hydrogen-bond donors (Lipinski definition) is 2. The summed E-state index contributed by atoms with van der Waals surface area (Å²) in [5.41, 5.74) is 2.33. The number of nitrogens with zero attached hydrogens (tertiary/aromatic N) is 3. The van der Waals surface area contributed by atoms with E-state index in [2.05, 4.69) is 15.5 Å². The number of fused-ring (bicyclic) bond motifs is 1. The van der Waals surface area contributed by atoms with Crippen molar-refractivity contribution in [3.05, 3.63) is 23.8 Å². The molecule has 3 rings (SSSR count). The molecule has 0 unspecified atom stereocenters. The summed E-state index contributed by atoms with van der Waals surface area (Å²) in [6, 6.07) is 5.50. The molecule has 2 heterocycles. The van der Waals surface area contributed by atoms with Crippen LogP contribution in [0.4, 0.5) is 5.95 Å². The lowest BCUT2D eigenvalue weighted by atomic mass is 10.2. The van der Waals surface area contributed by atoms with Gasteiger partial charge in [0.25, 0.3) is 5.91 Å². The molecule has 8 heteroatoms. The zero-order chi connectivity index (χ0) is 17.8. The standard InChI is InChI=1S/C17H23N5O3/c1-12(23)18-5-6-19-16(24)13-3-4-15-14(11-13)20-17(21(15)2)22-7-9-25-10-8-22/h3-4,11H,5-10H2,1-2H3,(H,18,23)(H,19,24). The molecule has 1 aliphatic heterocycles. The van der Waals surface area contributed by atoms with E-state index < -0.39 is 0 Å². The molecule has 1 aromatic heterocycles. The average molecular weight is 345 g/mol. The van der Waals surface area contributed by atoms with E-state index in [4.69, 9.17) is 9.72 Å². The molecule has 2 amide bonds. The fraction of sp³-hybridized carbons (Fsp3) is 0.471. The van der Waals surface area contributed by atoms with E-state index in [1.54, 1.807) is 12.1 Å². The van der Waals surface area contributed by atoms with E-state index >= 15 is 0 Å². The zero-order valence-electron chi connectivity index (χ0n) is 14.5. The predicted molar refractivity (Wildman–Crippen MR) is 94.8 cm³/mol. The minimum absolute atomic E-state index is 0.111. The van der Waals surface area contributed by atoms with Gasteiger partial charge in [0.15, 0.2) is 0 Å². The van der Waals surface area contributed by atoms with E-state index in [1.165, 1.54) is 6.92 Å². The molecule has 1 aromatic carbocycles. The maximum Gasteiger partial charge on any atom is 0.251 e. The van der Waals surface area contributed by atoms with Crippen LogP contribution in [0.2, 0.25) is 0 Å². The molecule has 1 saturated heterocycles. The van der Waals surface area contributed by atoms with E-state index in [9.17, 15) is 9.59 Å². The van der Waals surface area contributed by atoms with Gasteiger partial charge in [0, 0.05) is 45.7 Å². The molecule has 0 atom stereocenters. The molecular formula is C17H23N5O3. The van der Waals surface area contributed by atoms with E-state index in [0.29, 0.717) is 31.9 Å². The number of carbonyl (C=O) groups is 2. The highest BCUT2D eigenvalue weighted by atomic mass is 16.5. The van der Waals surface area contributed by atoms with Gasteiger partial charge in [-0.3, -0.25) is 9.59 Å². The smallest absolute Gasteiger partial charge is 0.251 e. The van der Waals surface area contributed by atoms with Crippen LogP contribution in [0.3, 0.4) is 0 Å². The Balaban J connectivity index is 1.73. The van der Waals surface area contributed by atoms with Crippen LogP contribution in [0.1, 0.15) is 17.3 Å². The Morgan fingerprint density at radius 1 is 1.20 bits per heavy atom. The summed E-state index contributed by atoms with van der Waals surface area (Å²) in [6.45, 7) is 5.27. The van der Waals surface area contributed by atoms with Crippen molar-refractivity contribution in [2.24, 2.45) is 7.05 Å². The van der Waals surface area contributed by atoms with Crippen molar-refractivity contribution in [1.29, 1.82) is 0 Å². The Kier molecular flexibility index (Phi) is 5.18. The van der Waals surface area contributed by atoms with Crippen LogP contribution in [0.15, 0.2) is 18.2 Å². The summed E-state index contributed by atoms with van der Waals surface area (Å²) >= 11 is 0. The van der Waals surface area contributed by atoms with Gasteiger partial charge in [-0.2, -0.15) is 0 Å². The third-order valence-electron chi connectivity index (χ3n) is 4.20. The summed E-state index contributed by atoms with van der Waals surface area (Å²) in [4.78, 5) is 30.0. The fourth-order valence-corrected chi connectivity index (χ4v) is 2.89. The summed E-state index contributed by atoms with van der Waals surface area (Å²) < 4.78 is 7.43. The van der Waals surface area contributed by atoms with Crippen molar-refractivity contribution in [2.75, 3.05) is 44.3 Å². The lowest BCUT2D eigenvalue weighted by Gasteiger charge is -2.27. The minimum atomic E-state index is -0.175. The molecule has 0 radical (unpaired) electrons. The van der Waals surface area contributed by atoms with Crippen LogP contribution >= 0.6 is 0 Å². The van der Waals surface area contributed by atoms with Crippen LogP contribution in [-0.4, -0.2) is 60.8 Å². The molecule has 134 valence electrons. The highest BCUT2D eigenvalue weighted by Gasteiger charge is 2.18. The number of ether oxygens (including phenoxy) is 1. The molecule has 25 heavy (non-hydrogen) atoms. The SMILES string of the molecule is CC(=O)NCCNC(=O)c1ccc2c(c1)nc(N1CCOCC1)n2C. The molecule has 0 saturated carbocycles. The summed E-state index contributed by atoms with van der Waals surface area (Å²) in [5.74, 6) is 0.604. The van der Waals surface area contributed by atoms with Gasteiger partial charge in [0.2, 0.25) is 11.9 Å². The molecule has 0 spiro atoms. The Morgan fingerprint density at radius 2 is 1.92 bits per heavy atom. The highest BCUT2D eigenvalue weighted by Crippen LogP contribution is 2.23. The second-order valence-corrected chi connectivity index (χ2v) is 6.01. The van der Waals surface area contributed by atoms with Crippen molar-refractivity contribution < 1.29 is 14.3 Å². The van der Waals surface area contributed by atoms with Gasteiger partial charge in [-0.25, -0.2) is 4.98 Å². The van der Waals surface area contributed by atoms with Crippen LogP contribution in [0.25, 0.3) is 11.0 Å². The number of nitrogens with one attached hydrogen (secondary N) is 2. The molecule has 0 aliphatic carbocycles. The van der Waals surface area contributed by atoms with Gasteiger partial charge in [-0.15, -0.1) is 0 Å². The third kappa shape index (κ3) is 3.90. The largest absolute Gasteiger partial charge is 0.378 e. The number of aryl methyl sites for hydroxylation is 1. The van der Waals surface area contributed by atoms with Gasteiger partial charge < -0.3 is 24.8 Å². The molecular weight excluding hydrogens is 322 g/mol. The number of morpholine rings is 1. The summed E-state index contributed by atoms with van der Waals surface area (Å²) in [6.07, 6.45) is 0. The van der Waals surface area contributed by atoms with Crippen molar-refractivity contribution in [1.82, 2.24) is 20.2 Å². The van der Waals surface area contributed by atoms with Crippen molar-refractivity contribution in [3.8, 4) is 0 Å². The monoisotopic (exact) mass is 345 g/mol. The maximum atomic E-state index is 12.2. The molecule has 2 aromatic rings. The van der Waals surface area contributed by atoms with Gasteiger partial charge in [-0.1, -0.05) is 0 Å². The molecule has 2 N–H and O–H groups in total. The summed E-state index contributed by atoms with van der Waals surface area (Å²) in [5, 5.41) is 5.43. The Bertz CT molecular complexity index is 780.